The van der Waals surface area contributed by atoms with Gasteiger partial charge in [0.1, 0.15) is 5.82 Å². The number of hydrogen-bond donors (Lipinski definition) is 2. The first kappa shape index (κ1) is 11.1. The van der Waals surface area contributed by atoms with Crippen molar-refractivity contribution in [1.29, 1.82) is 0 Å². The van der Waals surface area contributed by atoms with Crippen LogP contribution in [0.25, 0.3) is 0 Å². The first-order chi connectivity index (χ1) is 6.56. The van der Waals surface area contributed by atoms with Gasteiger partial charge in [-0.25, -0.2) is 0 Å². The van der Waals surface area contributed by atoms with E-state index >= 15 is 0 Å². The monoisotopic (exact) mass is 195 g/mol. The Morgan fingerprint density at radius 1 is 1.43 bits per heavy atom. The number of nitrogen functional groups attached to an aromatic ring is 1. The molecule has 1 atom stereocenters. The zero-order valence-electron chi connectivity index (χ0n) is 9.59. The van der Waals surface area contributed by atoms with Crippen LogP contribution in [-0.4, -0.2) is 10.2 Å². The van der Waals surface area contributed by atoms with E-state index in [-0.39, 0.29) is 0 Å². The maximum Gasteiger partial charge on any atom is 0.148 e. The van der Waals surface area contributed by atoms with Crippen molar-refractivity contribution in [2.45, 2.75) is 46.5 Å². The van der Waals surface area contributed by atoms with Crippen LogP contribution in [0, 0.1) is 12.8 Å². The van der Waals surface area contributed by atoms with Gasteiger partial charge < -0.3 is 5.73 Å². The van der Waals surface area contributed by atoms with Crippen molar-refractivity contribution in [3.8, 4) is 0 Å². The van der Waals surface area contributed by atoms with E-state index in [1.807, 2.05) is 6.92 Å². The molecule has 1 unspecified atom stereocenters. The molecule has 0 bridgehead atoms. The lowest BCUT2D eigenvalue weighted by atomic mass is 9.90. The maximum atomic E-state index is 5.72. The molecule has 1 aromatic rings. The number of rotatable bonds is 4. The van der Waals surface area contributed by atoms with Gasteiger partial charge in [-0.15, -0.1) is 0 Å². The molecule has 0 aliphatic carbocycles. The molecule has 0 aliphatic heterocycles. The first-order valence-electron chi connectivity index (χ1n) is 5.36. The molecule has 0 aliphatic rings. The van der Waals surface area contributed by atoms with E-state index < -0.39 is 0 Å². The second-order valence-electron chi connectivity index (χ2n) is 4.38. The second-order valence-corrected chi connectivity index (χ2v) is 4.38. The molecule has 0 fully saturated rings. The van der Waals surface area contributed by atoms with E-state index in [9.17, 15) is 0 Å². The Balaban J connectivity index is 2.84. The first-order valence-corrected chi connectivity index (χ1v) is 5.36. The number of nitrogens with zero attached hydrogens (tertiary/aromatic N) is 1. The quantitative estimate of drug-likeness (QED) is 0.776. The summed E-state index contributed by atoms with van der Waals surface area (Å²) in [7, 11) is 0. The maximum absolute atomic E-state index is 5.72. The van der Waals surface area contributed by atoms with Gasteiger partial charge >= 0.3 is 0 Å². The summed E-state index contributed by atoms with van der Waals surface area (Å²) in [5.41, 5.74) is 8.07. The van der Waals surface area contributed by atoms with Gasteiger partial charge in [0.2, 0.25) is 0 Å². The lowest BCUT2D eigenvalue weighted by Gasteiger charge is -2.16. The van der Waals surface area contributed by atoms with Gasteiger partial charge in [-0.05, 0) is 25.7 Å². The standard InChI is InChI=1S/C11H21N3/c1-5-9(6-7(2)3)10-8(4)11(12)14-13-10/h7,9H,5-6H2,1-4H3,(H3,12,13,14). The fraction of sp³-hybridized carbons (Fsp3) is 0.727. The van der Waals surface area contributed by atoms with E-state index in [0.29, 0.717) is 17.7 Å². The van der Waals surface area contributed by atoms with Crippen molar-refractivity contribution >= 4 is 5.82 Å². The third kappa shape index (κ3) is 2.28. The summed E-state index contributed by atoms with van der Waals surface area (Å²) in [5, 5.41) is 7.10. The van der Waals surface area contributed by atoms with Gasteiger partial charge in [0.25, 0.3) is 0 Å². The van der Waals surface area contributed by atoms with E-state index in [1.54, 1.807) is 0 Å². The van der Waals surface area contributed by atoms with Crippen molar-refractivity contribution in [1.82, 2.24) is 10.2 Å². The molecule has 80 valence electrons. The number of H-pyrrole nitrogens is 1. The predicted molar refractivity (Wildman–Crippen MR) is 60.2 cm³/mol. The molecule has 0 amide bonds. The van der Waals surface area contributed by atoms with E-state index in [2.05, 4.69) is 31.0 Å². The van der Waals surface area contributed by atoms with E-state index in [1.165, 1.54) is 12.1 Å². The lowest BCUT2D eigenvalue weighted by molar-refractivity contribution is 0.479. The minimum absolute atomic E-state index is 0.569. The van der Waals surface area contributed by atoms with Gasteiger partial charge in [-0.2, -0.15) is 5.10 Å². The minimum Gasteiger partial charge on any atom is -0.382 e. The van der Waals surface area contributed by atoms with Crippen LogP contribution in [0.2, 0.25) is 0 Å². The average molecular weight is 195 g/mol. The highest BCUT2D eigenvalue weighted by Gasteiger charge is 2.17. The van der Waals surface area contributed by atoms with Crippen LogP contribution in [0.1, 0.15) is 50.8 Å². The summed E-state index contributed by atoms with van der Waals surface area (Å²) in [4.78, 5) is 0. The van der Waals surface area contributed by atoms with Gasteiger partial charge in [0.05, 0.1) is 0 Å². The van der Waals surface area contributed by atoms with Crippen molar-refractivity contribution in [2.24, 2.45) is 5.92 Å². The lowest BCUT2D eigenvalue weighted by Crippen LogP contribution is -2.04. The average Bonchev–Trinajstić information content (AvgIpc) is 2.44. The molecule has 0 aromatic carbocycles. The van der Waals surface area contributed by atoms with E-state index in [4.69, 9.17) is 5.73 Å². The zero-order chi connectivity index (χ0) is 10.7. The highest BCUT2D eigenvalue weighted by Crippen LogP contribution is 2.29. The molecule has 0 radical (unpaired) electrons. The smallest absolute Gasteiger partial charge is 0.148 e. The number of aromatic nitrogens is 2. The molecule has 14 heavy (non-hydrogen) atoms. The number of nitrogens with one attached hydrogen (secondary N) is 1. The Morgan fingerprint density at radius 3 is 2.43 bits per heavy atom. The summed E-state index contributed by atoms with van der Waals surface area (Å²) in [6.45, 7) is 8.75. The fourth-order valence-corrected chi connectivity index (χ4v) is 1.88. The van der Waals surface area contributed by atoms with Gasteiger partial charge in [-0.3, -0.25) is 5.10 Å². The molecular weight excluding hydrogens is 174 g/mol. The zero-order valence-corrected chi connectivity index (χ0v) is 9.59. The summed E-state index contributed by atoms with van der Waals surface area (Å²) >= 11 is 0. The van der Waals surface area contributed by atoms with Crippen LogP contribution < -0.4 is 5.73 Å². The highest BCUT2D eigenvalue weighted by molar-refractivity contribution is 5.41. The summed E-state index contributed by atoms with van der Waals surface area (Å²) in [5.74, 6) is 1.92. The normalized spacial score (nSPS) is 13.5. The van der Waals surface area contributed by atoms with Crippen LogP contribution in [0.4, 0.5) is 5.82 Å². The number of aromatic amines is 1. The SMILES string of the molecule is CCC(CC(C)C)c1[nH]nc(N)c1C. The Bertz CT molecular complexity index is 289. The van der Waals surface area contributed by atoms with Crippen LogP contribution >= 0.6 is 0 Å². The van der Waals surface area contributed by atoms with Crippen LogP contribution in [0.15, 0.2) is 0 Å². The Labute approximate surface area is 86.1 Å². The van der Waals surface area contributed by atoms with Crippen LogP contribution in [0.3, 0.4) is 0 Å². The van der Waals surface area contributed by atoms with Crippen molar-refractivity contribution in [2.75, 3.05) is 5.73 Å². The summed E-state index contributed by atoms with van der Waals surface area (Å²) < 4.78 is 0. The number of nitrogens with two attached hydrogens (primary N) is 1. The molecule has 1 heterocycles. The van der Waals surface area contributed by atoms with Crippen molar-refractivity contribution < 1.29 is 0 Å². The largest absolute Gasteiger partial charge is 0.382 e. The third-order valence-electron chi connectivity index (χ3n) is 2.74. The predicted octanol–water partition coefficient (Wildman–Crippen LogP) is 2.84. The van der Waals surface area contributed by atoms with Gasteiger partial charge in [0.15, 0.2) is 0 Å². The summed E-state index contributed by atoms with van der Waals surface area (Å²) in [6.07, 6.45) is 2.33. The van der Waals surface area contributed by atoms with Crippen molar-refractivity contribution in [3.63, 3.8) is 0 Å². The summed E-state index contributed by atoms with van der Waals surface area (Å²) in [6, 6.07) is 0. The minimum atomic E-state index is 0.569. The molecule has 0 saturated heterocycles. The number of anilines is 1. The van der Waals surface area contributed by atoms with Gasteiger partial charge in [0, 0.05) is 17.2 Å². The fourth-order valence-electron chi connectivity index (χ4n) is 1.88. The molecular formula is C11H21N3. The molecule has 3 heteroatoms. The topological polar surface area (TPSA) is 54.7 Å². The van der Waals surface area contributed by atoms with Crippen LogP contribution in [-0.2, 0) is 0 Å². The molecule has 1 rings (SSSR count). The highest BCUT2D eigenvalue weighted by atomic mass is 15.2. The van der Waals surface area contributed by atoms with Crippen molar-refractivity contribution in [3.05, 3.63) is 11.3 Å². The van der Waals surface area contributed by atoms with E-state index in [0.717, 1.165) is 12.0 Å². The van der Waals surface area contributed by atoms with Gasteiger partial charge in [-0.1, -0.05) is 20.8 Å². The molecule has 1 aromatic heterocycles. The third-order valence-corrected chi connectivity index (χ3v) is 2.74. The molecule has 0 saturated carbocycles. The molecule has 3 nitrogen and oxygen atoms in total. The molecule has 3 N–H and O–H groups in total. The number of hydrogen-bond acceptors (Lipinski definition) is 2. The molecule has 0 spiro atoms. The van der Waals surface area contributed by atoms with Crippen LogP contribution in [0.5, 0.6) is 0 Å². The Morgan fingerprint density at radius 2 is 2.07 bits per heavy atom. The Hall–Kier alpha value is -0.990. The second kappa shape index (κ2) is 4.49. The Kier molecular flexibility index (Phi) is 3.55.